The Morgan fingerprint density at radius 2 is 2.04 bits per heavy atom. The summed E-state index contributed by atoms with van der Waals surface area (Å²) < 4.78 is 17.1. The van der Waals surface area contributed by atoms with Crippen LogP contribution in [0.2, 0.25) is 0 Å². The lowest BCUT2D eigenvalue weighted by Crippen LogP contribution is -2.60. The molecular weight excluding hydrogens is 320 g/mol. The largest absolute Gasteiger partial charge is 0.383 e. The maximum Gasteiger partial charge on any atom is 0.227 e. The van der Waals surface area contributed by atoms with Gasteiger partial charge < -0.3 is 19.1 Å². The molecule has 1 amide bonds. The first-order valence-corrected chi connectivity index (χ1v) is 8.95. The van der Waals surface area contributed by atoms with Gasteiger partial charge in [0.05, 0.1) is 39.4 Å². The van der Waals surface area contributed by atoms with Gasteiger partial charge in [0.15, 0.2) is 0 Å². The second kappa shape index (κ2) is 8.76. The average Bonchev–Trinajstić information content (AvgIpc) is 2.83. The number of carbonyl (C=O) groups excluding carboxylic acids is 1. The molecule has 2 aliphatic heterocycles. The predicted octanol–water partition coefficient (Wildman–Crippen LogP) is 0.805. The first-order valence-electron chi connectivity index (χ1n) is 8.95. The van der Waals surface area contributed by atoms with E-state index in [4.69, 9.17) is 14.2 Å². The van der Waals surface area contributed by atoms with Crippen LogP contribution in [0.15, 0.2) is 30.3 Å². The molecule has 0 N–H and O–H groups in total. The van der Waals surface area contributed by atoms with Gasteiger partial charge in [-0.2, -0.15) is 0 Å². The van der Waals surface area contributed by atoms with Gasteiger partial charge in [-0.05, 0) is 5.56 Å². The Labute approximate surface area is 149 Å². The van der Waals surface area contributed by atoms with Gasteiger partial charge >= 0.3 is 0 Å². The number of nitrogens with zero attached hydrogens (tertiary/aromatic N) is 2. The minimum Gasteiger partial charge on any atom is -0.383 e. The van der Waals surface area contributed by atoms with Gasteiger partial charge in [0.2, 0.25) is 5.91 Å². The highest BCUT2D eigenvalue weighted by Crippen LogP contribution is 2.23. The Morgan fingerprint density at radius 1 is 1.20 bits per heavy atom. The van der Waals surface area contributed by atoms with Crippen molar-refractivity contribution in [2.24, 2.45) is 0 Å². The lowest BCUT2D eigenvalue weighted by molar-refractivity contribution is -0.161. The molecule has 1 spiro atoms. The van der Waals surface area contributed by atoms with Crippen LogP contribution in [0, 0.1) is 0 Å². The molecule has 138 valence electrons. The van der Waals surface area contributed by atoms with Crippen molar-refractivity contribution in [2.45, 2.75) is 12.0 Å². The highest BCUT2D eigenvalue weighted by Gasteiger charge is 2.41. The van der Waals surface area contributed by atoms with Crippen molar-refractivity contribution in [3.8, 4) is 0 Å². The molecule has 1 unspecified atom stereocenters. The zero-order valence-corrected chi connectivity index (χ0v) is 15.0. The Balaban J connectivity index is 1.63. The molecule has 2 aliphatic rings. The standard InChI is InChI=1S/C19H28N2O4/c1-23-10-7-20-8-11-24-16-19(14-20)15-21(9-12-25-19)18(22)13-17-5-3-2-4-6-17/h2-6H,7-16H2,1H3. The fraction of sp³-hybridized carbons (Fsp3) is 0.632. The molecule has 2 heterocycles. The second-order valence-corrected chi connectivity index (χ2v) is 6.83. The number of benzene rings is 1. The van der Waals surface area contributed by atoms with Gasteiger partial charge in [0, 0.05) is 33.3 Å². The minimum atomic E-state index is -0.436. The van der Waals surface area contributed by atoms with E-state index in [9.17, 15) is 4.79 Å². The van der Waals surface area contributed by atoms with Crippen molar-refractivity contribution >= 4 is 5.91 Å². The molecule has 0 bridgehead atoms. The Kier molecular flexibility index (Phi) is 6.42. The number of hydrogen-bond donors (Lipinski definition) is 0. The summed E-state index contributed by atoms with van der Waals surface area (Å²) in [6.45, 7) is 6.18. The lowest BCUT2D eigenvalue weighted by atomic mass is 10.0. The van der Waals surface area contributed by atoms with Crippen LogP contribution in [0.4, 0.5) is 0 Å². The van der Waals surface area contributed by atoms with Gasteiger partial charge in [-0.25, -0.2) is 0 Å². The van der Waals surface area contributed by atoms with Crippen LogP contribution in [0.5, 0.6) is 0 Å². The number of rotatable bonds is 5. The SMILES string of the molecule is COCCN1CCOCC2(C1)CN(C(=O)Cc1ccccc1)CCO2. The summed E-state index contributed by atoms with van der Waals surface area (Å²) in [6, 6.07) is 9.90. The van der Waals surface area contributed by atoms with E-state index in [0.717, 1.165) is 25.2 Å². The van der Waals surface area contributed by atoms with Crippen molar-refractivity contribution in [1.82, 2.24) is 9.80 Å². The van der Waals surface area contributed by atoms with E-state index in [1.54, 1.807) is 7.11 Å². The van der Waals surface area contributed by atoms with Crippen LogP contribution in [-0.4, -0.2) is 87.6 Å². The number of ether oxygens (including phenoxy) is 3. The van der Waals surface area contributed by atoms with Crippen LogP contribution >= 0.6 is 0 Å². The van der Waals surface area contributed by atoms with Gasteiger partial charge in [-0.15, -0.1) is 0 Å². The zero-order chi connectivity index (χ0) is 17.5. The average molecular weight is 348 g/mol. The molecule has 25 heavy (non-hydrogen) atoms. The number of hydrogen-bond acceptors (Lipinski definition) is 5. The third-order valence-corrected chi connectivity index (χ3v) is 4.84. The van der Waals surface area contributed by atoms with E-state index in [1.165, 1.54) is 0 Å². The van der Waals surface area contributed by atoms with Crippen molar-refractivity contribution in [1.29, 1.82) is 0 Å². The number of carbonyl (C=O) groups is 1. The van der Waals surface area contributed by atoms with E-state index in [-0.39, 0.29) is 5.91 Å². The van der Waals surface area contributed by atoms with Crippen molar-refractivity contribution < 1.29 is 19.0 Å². The molecule has 2 fully saturated rings. The fourth-order valence-corrected chi connectivity index (χ4v) is 3.52. The van der Waals surface area contributed by atoms with Gasteiger partial charge in [0.1, 0.15) is 5.60 Å². The topological polar surface area (TPSA) is 51.2 Å². The van der Waals surface area contributed by atoms with Gasteiger partial charge in [-0.3, -0.25) is 9.69 Å². The highest BCUT2D eigenvalue weighted by atomic mass is 16.5. The van der Waals surface area contributed by atoms with E-state index >= 15 is 0 Å². The molecule has 6 nitrogen and oxygen atoms in total. The molecule has 0 saturated carbocycles. The van der Waals surface area contributed by atoms with Crippen LogP contribution < -0.4 is 0 Å². The molecule has 3 rings (SSSR count). The fourth-order valence-electron chi connectivity index (χ4n) is 3.52. The summed E-state index contributed by atoms with van der Waals surface area (Å²) in [7, 11) is 1.71. The minimum absolute atomic E-state index is 0.154. The van der Waals surface area contributed by atoms with E-state index < -0.39 is 5.60 Å². The van der Waals surface area contributed by atoms with E-state index in [1.807, 2.05) is 35.2 Å². The molecule has 1 aromatic carbocycles. The summed E-state index contributed by atoms with van der Waals surface area (Å²) in [5.74, 6) is 0.154. The molecule has 6 heteroatoms. The first kappa shape index (κ1) is 18.3. The van der Waals surface area contributed by atoms with Crippen molar-refractivity contribution in [2.75, 3.05) is 66.3 Å². The monoisotopic (exact) mass is 348 g/mol. The number of methoxy groups -OCH3 is 1. The summed E-state index contributed by atoms with van der Waals surface area (Å²) in [5.41, 5.74) is 0.612. The summed E-state index contributed by atoms with van der Waals surface area (Å²) in [4.78, 5) is 17.0. The van der Waals surface area contributed by atoms with E-state index in [0.29, 0.717) is 45.9 Å². The molecule has 0 aliphatic carbocycles. The first-order chi connectivity index (χ1) is 12.2. The van der Waals surface area contributed by atoms with Crippen molar-refractivity contribution in [3.05, 3.63) is 35.9 Å². The van der Waals surface area contributed by atoms with Crippen molar-refractivity contribution in [3.63, 3.8) is 0 Å². The summed E-state index contributed by atoms with van der Waals surface area (Å²) >= 11 is 0. The molecule has 0 aromatic heterocycles. The van der Waals surface area contributed by atoms with Gasteiger partial charge in [0.25, 0.3) is 0 Å². The third kappa shape index (κ3) is 5.01. The van der Waals surface area contributed by atoms with Crippen LogP contribution in [0.3, 0.4) is 0 Å². The lowest BCUT2D eigenvalue weighted by Gasteiger charge is -2.43. The smallest absolute Gasteiger partial charge is 0.227 e. The Bertz CT molecular complexity index is 554. The predicted molar refractivity (Wildman–Crippen MR) is 94.5 cm³/mol. The summed E-state index contributed by atoms with van der Waals surface area (Å²) in [5, 5.41) is 0. The van der Waals surface area contributed by atoms with Crippen LogP contribution in [-0.2, 0) is 25.4 Å². The number of amides is 1. The second-order valence-electron chi connectivity index (χ2n) is 6.83. The Hall–Kier alpha value is -1.47. The molecule has 1 atom stereocenters. The normalized spacial score (nSPS) is 25.1. The maximum absolute atomic E-state index is 12.7. The molecular formula is C19H28N2O4. The quantitative estimate of drug-likeness (QED) is 0.788. The highest BCUT2D eigenvalue weighted by molar-refractivity contribution is 5.79. The summed E-state index contributed by atoms with van der Waals surface area (Å²) in [6.07, 6.45) is 0.436. The van der Waals surface area contributed by atoms with Gasteiger partial charge in [-0.1, -0.05) is 30.3 Å². The Morgan fingerprint density at radius 3 is 2.84 bits per heavy atom. The van der Waals surface area contributed by atoms with Crippen LogP contribution in [0.25, 0.3) is 0 Å². The number of morpholine rings is 1. The molecule has 2 saturated heterocycles. The molecule has 0 radical (unpaired) electrons. The maximum atomic E-state index is 12.7. The van der Waals surface area contributed by atoms with E-state index in [2.05, 4.69) is 4.90 Å². The molecule has 1 aromatic rings. The third-order valence-electron chi connectivity index (χ3n) is 4.84. The van der Waals surface area contributed by atoms with Crippen LogP contribution in [0.1, 0.15) is 5.56 Å². The zero-order valence-electron chi connectivity index (χ0n) is 15.0.